The van der Waals surface area contributed by atoms with Crippen LogP contribution in [0.2, 0.25) is 0 Å². The van der Waals surface area contributed by atoms with Gasteiger partial charge in [0.1, 0.15) is 0 Å². The minimum atomic E-state index is 0.580. The maximum atomic E-state index is 5.01. The van der Waals surface area contributed by atoms with E-state index in [4.69, 9.17) is 12.2 Å². The first-order valence-electron chi connectivity index (χ1n) is 5.12. The molecule has 1 aliphatic rings. The molecule has 13 heavy (non-hydrogen) atoms. The summed E-state index contributed by atoms with van der Waals surface area (Å²) in [5.41, 5.74) is 0.580. The van der Waals surface area contributed by atoms with Crippen LogP contribution in [-0.2, 0) is 0 Å². The second kappa shape index (κ2) is 4.80. The zero-order chi connectivity index (χ0) is 9.73. The highest BCUT2D eigenvalue weighted by atomic mass is 32.1. The third kappa shape index (κ3) is 3.51. The van der Waals surface area contributed by atoms with Gasteiger partial charge in [-0.05, 0) is 36.9 Å². The van der Waals surface area contributed by atoms with Crippen LogP contribution in [0.25, 0.3) is 0 Å². The smallest absolute Gasteiger partial charge is 0.166 e. The second-order valence-corrected chi connectivity index (χ2v) is 4.68. The molecule has 0 aromatic carbocycles. The van der Waals surface area contributed by atoms with E-state index in [1.54, 1.807) is 0 Å². The van der Waals surface area contributed by atoms with Crippen LogP contribution in [0.15, 0.2) is 0 Å². The highest BCUT2D eigenvalue weighted by Crippen LogP contribution is 2.39. The Morgan fingerprint density at radius 2 is 2.00 bits per heavy atom. The van der Waals surface area contributed by atoms with E-state index in [9.17, 15) is 0 Å². The van der Waals surface area contributed by atoms with Crippen molar-refractivity contribution in [1.29, 1.82) is 0 Å². The minimum Gasteiger partial charge on any atom is -0.366 e. The Hall–Kier alpha value is -0.310. The SMILES string of the molecule is CNC(=S)NCCC1(C)CCCC1. The molecule has 0 aromatic rings. The standard InChI is InChI=1S/C10H20N2S/c1-10(5-3-4-6-10)7-8-12-9(13)11-2/h3-8H2,1-2H3,(H2,11,12,13). The predicted molar refractivity (Wildman–Crippen MR) is 60.9 cm³/mol. The van der Waals surface area contributed by atoms with Gasteiger partial charge in [0.15, 0.2) is 5.11 Å². The molecule has 1 saturated carbocycles. The van der Waals surface area contributed by atoms with Gasteiger partial charge in [0, 0.05) is 13.6 Å². The van der Waals surface area contributed by atoms with Crippen LogP contribution < -0.4 is 10.6 Å². The molecule has 1 fully saturated rings. The van der Waals surface area contributed by atoms with Crippen LogP contribution in [0, 0.1) is 5.41 Å². The summed E-state index contributed by atoms with van der Waals surface area (Å²) >= 11 is 5.01. The Balaban J connectivity index is 2.14. The molecule has 0 spiro atoms. The number of hydrogen-bond donors (Lipinski definition) is 2. The van der Waals surface area contributed by atoms with Gasteiger partial charge in [-0.15, -0.1) is 0 Å². The van der Waals surface area contributed by atoms with Crippen molar-refractivity contribution in [2.24, 2.45) is 5.41 Å². The zero-order valence-corrected chi connectivity index (χ0v) is 9.47. The van der Waals surface area contributed by atoms with Crippen LogP contribution in [0.4, 0.5) is 0 Å². The Labute approximate surface area is 86.5 Å². The predicted octanol–water partition coefficient (Wildman–Crippen LogP) is 2.05. The summed E-state index contributed by atoms with van der Waals surface area (Å²) in [6, 6.07) is 0. The molecule has 1 rings (SSSR count). The molecule has 0 amide bonds. The molecule has 0 saturated heterocycles. The molecule has 0 atom stereocenters. The van der Waals surface area contributed by atoms with Crippen LogP contribution in [-0.4, -0.2) is 18.7 Å². The van der Waals surface area contributed by atoms with E-state index >= 15 is 0 Å². The molecule has 3 heteroatoms. The molecular formula is C10H20N2S. The third-order valence-electron chi connectivity index (χ3n) is 3.05. The van der Waals surface area contributed by atoms with Crippen molar-refractivity contribution >= 4 is 17.3 Å². The Bertz CT molecular complexity index is 174. The lowest BCUT2D eigenvalue weighted by atomic mass is 9.85. The van der Waals surface area contributed by atoms with Gasteiger partial charge < -0.3 is 10.6 Å². The van der Waals surface area contributed by atoms with Crippen molar-refractivity contribution in [3.63, 3.8) is 0 Å². The summed E-state index contributed by atoms with van der Waals surface area (Å²) in [5, 5.41) is 6.89. The fraction of sp³-hybridized carbons (Fsp3) is 0.900. The lowest BCUT2D eigenvalue weighted by Gasteiger charge is -2.23. The summed E-state index contributed by atoms with van der Waals surface area (Å²) in [6.45, 7) is 3.40. The number of thiocarbonyl (C=S) groups is 1. The maximum Gasteiger partial charge on any atom is 0.166 e. The topological polar surface area (TPSA) is 24.1 Å². The highest BCUT2D eigenvalue weighted by molar-refractivity contribution is 7.80. The van der Waals surface area contributed by atoms with Gasteiger partial charge in [0.05, 0.1) is 0 Å². The normalized spacial score (nSPS) is 19.8. The molecule has 1 aliphatic carbocycles. The van der Waals surface area contributed by atoms with Crippen LogP contribution in [0.3, 0.4) is 0 Å². The fourth-order valence-corrected chi connectivity index (χ4v) is 2.15. The van der Waals surface area contributed by atoms with Crippen LogP contribution >= 0.6 is 12.2 Å². The first-order valence-corrected chi connectivity index (χ1v) is 5.53. The van der Waals surface area contributed by atoms with Crippen molar-refractivity contribution in [3.8, 4) is 0 Å². The highest BCUT2D eigenvalue weighted by Gasteiger charge is 2.27. The second-order valence-electron chi connectivity index (χ2n) is 4.27. The van der Waals surface area contributed by atoms with Crippen LogP contribution in [0.1, 0.15) is 39.0 Å². The average molecular weight is 200 g/mol. The van der Waals surface area contributed by atoms with E-state index in [0.29, 0.717) is 5.41 Å². The van der Waals surface area contributed by atoms with Crippen molar-refractivity contribution < 1.29 is 0 Å². The first kappa shape index (κ1) is 10.8. The van der Waals surface area contributed by atoms with E-state index in [1.807, 2.05) is 7.05 Å². The Morgan fingerprint density at radius 3 is 2.54 bits per heavy atom. The third-order valence-corrected chi connectivity index (χ3v) is 3.40. The first-order chi connectivity index (χ1) is 6.16. The summed E-state index contributed by atoms with van der Waals surface area (Å²) in [5.74, 6) is 0. The molecule has 2 nitrogen and oxygen atoms in total. The Kier molecular flexibility index (Phi) is 3.97. The van der Waals surface area contributed by atoms with E-state index in [0.717, 1.165) is 11.7 Å². The summed E-state index contributed by atoms with van der Waals surface area (Å²) < 4.78 is 0. The zero-order valence-electron chi connectivity index (χ0n) is 8.65. The molecule has 76 valence electrons. The average Bonchev–Trinajstić information content (AvgIpc) is 2.52. The van der Waals surface area contributed by atoms with Crippen molar-refractivity contribution in [2.75, 3.05) is 13.6 Å². The molecule has 0 aliphatic heterocycles. The van der Waals surface area contributed by atoms with E-state index < -0.39 is 0 Å². The maximum absolute atomic E-state index is 5.01. The Morgan fingerprint density at radius 1 is 1.38 bits per heavy atom. The van der Waals surface area contributed by atoms with Crippen molar-refractivity contribution in [3.05, 3.63) is 0 Å². The molecule has 0 bridgehead atoms. The molecule has 0 radical (unpaired) electrons. The number of hydrogen-bond acceptors (Lipinski definition) is 1. The van der Waals surface area contributed by atoms with E-state index in [1.165, 1.54) is 32.1 Å². The number of rotatable bonds is 3. The fourth-order valence-electron chi connectivity index (χ4n) is 2.04. The van der Waals surface area contributed by atoms with Gasteiger partial charge in [-0.25, -0.2) is 0 Å². The lowest BCUT2D eigenvalue weighted by Crippen LogP contribution is -2.34. The van der Waals surface area contributed by atoms with Gasteiger partial charge in [-0.2, -0.15) is 0 Å². The molecule has 2 N–H and O–H groups in total. The molecule has 0 aromatic heterocycles. The monoisotopic (exact) mass is 200 g/mol. The van der Waals surface area contributed by atoms with Gasteiger partial charge >= 0.3 is 0 Å². The van der Waals surface area contributed by atoms with Crippen molar-refractivity contribution in [1.82, 2.24) is 10.6 Å². The summed E-state index contributed by atoms with van der Waals surface area (Å²) in [4.78, 5) is 0. The summed E-state index contributed by atoms with van der Waals surface area (Å²) in [6.07, 6.45) is 6.84. The van der Waals surface area contributed by atoms with Gasteiger partial charge in [-0.1, -0.05) is 19.8 Å². The van der Waals surface area contributed by atoms with Gasteiger partial charge in [-0.3, -0.25) is 0 Å². The van der Waals surface area contributed by atoms with Gasteiger partial charge in [0.25, 0.3) is 0 Å². The molecule has 0 unspecified atom stereocenters. The molecular weight excluding hydrogens is 180 g/mol. The van der Waals surface area contributed by atoms with Crippen molar-refractivity contribution in [2.45, 2.75) is 39.0 Å². The van der Waals surface area contributed by atoms with E-state index in [2.05, 4.69) is 17.6 Å². The largest absolute Gasteiger partial charge is 0.366 e. The van der Waals surface area contributed by atoms with Crippen LogP contribution in [0.5, 0.6) is 0 Å². The van der Waals surface area contributed by atoms with E-state index in [-0.39, 0.29) is 0 Å². The molecule has 0 heterocycles. The lowest BCUT2D eigenvalue weighted by molar-refractivity contribution is 0.309. The van der Waals surface area contributed by atoms with Gasteiger partial charge in [0.2, 0.25) is 0 Å². The minimum absolute atomic E-state index is 0.580. The quantitative estimate of drug-likeness (QED) is 0.682. The number of nitrogens with one attached hydrogen (secondary N) is 2. The summed E-state index contributed by atoms with van der Waals surface area (Å²) in [7, 11) is 1.85.